The highest BCUT2D eigenvalue weighted by Crippen LogP contribution is 2.37. The smallest absolute Gasteiger partial charge is 0.136 e. The van der Waals surface area contributed by atoms with E-state index >= 15 is 0 Å². The van der Waals surface area contributed by atoms with Gasteiger partial charge in [0.25, 0.3) is 0 Å². The van der Waals surface area contributed by atoms with Crippen LogP contribution < -0.4 is 0 Å². The molecule has 3 heteroatoms. The predicted octanol–water partition coefficient (Wildman–Crippen LogP) is 7.34. The largest absolute Gasteiger partial charge is 0.456 e. The summed E-state index contributed by atoms with van der Waals surface area (Å²) >= 11 is 0. The van der Waals surface area contributed by atoms with Crippen LogP contribution in [0.15, 0.2) is 102 Å². The van der Waals surface area contributed by atoms with Crippen LogP contribution in [0.5, 0.6) is 0 Å². The quantitative estimate of drug-likeness (QED) is 0.308. The number of hydrogen-bond donors (Lipinski definition) is 0. The van der Waals surface area contributed by atoms with Gasteiger partial charge >= 0.3 is 0 Å². The van der Waals surface area contributed by atoms with Crippen LogP contribution in [0, 0.1) is 11.3 Å². The molecule has 0 aliphatic rings. The van der Waals surface area contributed by atoms with E-state index in [9.17, 15) is 0 Å². The van der Waals surface area contributed by atoms with Gasteiger partial charge in [0.2, 0.25) is 0 Å². The van der Waals surface area contributed by atoms with Crippen LogP contribution in [-0.4, -0.2) is 4.98 Å². The van der Waals surface area contributed by atoms with Crippen molar-refractivity contribution < 1.29 is 4.42 Å². The molecule has 2 aromatic heterocycles. The number of hydrogen-bond acceptors (Lipinski definition) is 3. The molecule has 0 spiro atoms. The molecule has 0 aliphatic heterocycles. The number of fused-ring (bicyclic) bond motifs is 5. The van der Waals surface area contributed by atoms with Crippen molar-refractivity contribution >= 4 is 32.7 Å². The van der Waals surface area contributed by atoms with Crippen molar-refractivity contribution in [3.8, 4) is 28.3 Å². The number of benzene rings is 4. The Balaban J connectivity index is 1.48. The molecule has 0 fully saturated rings. The van der Waals surface area contributed by atoms with Gasteiger partial charge in [0.15, 0.2) is 0 Å². The molecule has 0 atom stereocenters. The Kier molecular flexibility index (Phi) is 3.84. The molecule has 0 aliphatic carbocycles. The van der Waals surface area contributed by atoms with Crippen molar-refractivity contribution in [2.45, 2.75) is 0 Å². The fraction of sp³-hybridized carbons (Fsp3) is 0. The van der Waals surface area contributed by atoms with Gasteiger partial charge in [-0.2, -0.15) is 5.26 Å². The number of nitrogens with zero attached hydrogens (tertiary/aromatic N) is 2. The third kappa shape index (κ3) is 2.86. The van der Waals surface area contributed by atoms with Gasteiger partial charge < -0.3 is 4.42 Å². The lowest BCUT2D eigenvalue weighted by Gasteiger charge is -2.06. The first-order valence-corrected chi connectivity index (χ1v) is 10.1. The minimum Gasteiger partial charge on any atom is -0.456 e. The van der Waals surface area contributed by atoms with Gasteiger partial charge in [-0.05, 0) is 51.7 Å². The normalized spacial score (nSPS) is 11.2. The molecule has 0 bridgehead atoms. The second-order valence-electron chi connectivity index (χ2n) is 7.62. The SMILES string of the molecule is N#Cc1cncc(-c2ccc(-c3ccc4oc5ccc6ccccc6c5c4c3)cc2)c1. The topological polar surface area (TPSA) is 49.8 Å². The number of nitriles is 1. The number of furan rings is 1. The van der Waals surface area contributed by atoms with Crippen LogP contribution in [0.2, 0.25) is 0 Å². The van der Waals surface area contributed by atoms with Crippen molar-refractivity contribution in [1.82, 2.24) is 4.98 Å². The van der Waals surface area contributed by atoms with E-state index < -0.39 is 0 Å². The monoisotopic (exact) mass is 396 g/mol. The molecule has 6 aromatic rings. The van der Waals surface area contributed by atoms with Crippen LogP contribution in [0.25, 0.3) is 55.0 Å². The van der Waals surface area contributed by atoms with Gasteiger partial charge in [-0.15, -0.1) is 0 Å². The van der Waals surface area contributed by atoms with E-state index in [4.69, 9.17) is 9.68 Å². The first-order chi connectivity index (χ1) is 15.3. The Morgan fingerprint density at radius 3 is 2.23 bits per heavy atom. The summed E-state index contributed by atoms with van der Waals surface area (Å²) in [6.45, 7) is 0. The Bertz CT molecular complexity index is 1640. The van der Waals surface area contributed by atoms with Crippen molar-refractivity contribution in [3.63, 3.8) is 0 Å². The Morgan fingerprint density at radius 2 is 1.39 bits per heavy atom. The lowest BCUT2D eigenvalue weighted by molar-refractivity contribution is 0.669. The van der Waals surface area contributed by atoms with E-state index in [0.717, 1.165) is 44.2 Å². The number of rotatable bonds is 2. The Hall–Kier alpha value is -4.42. The molecule has 0 unspecified atom stereocenters. The summed E-state index contributed by atoms with van der Waals surface area (Å²) in [4.78, 5) is 4.16. The molecule has 0 amide bonds. The first-order valence-electron chi connectivity index (χ1n) is 10.1. The maximum atomic E-state index is 9.11. The second kappa shape index (κ2) is 6.83. The van der Waals surface area contributed by atoms with E-state index in [0.29, 0.717) is 5.56 Å². The summed E-state index contributed by atoms with van der Waals surface area (Å²) in [6.07, 6.45) is 3.36. The summed E-state index contributed by atoms with van der Waals surface area (Å²) in [5, 5.41) is 13.8. The van der Waals surface area contributed by atoms with Crippen molar-refractivity contribution in [1.29, 1.82) is 5.26 Å². The fourth-order valence-corrected chi connectivity index (χ4v) is 4.24. The molecular formula is C28H16N2O. The summed E-state index contributed by atoms with van der Waals surface area (Å²) in [5.41, 5.74) is 6.61. The van der Waals surface area contributed by atoms with Gasteiger partial charge in [0.05, 0.1) is 5.56 Å². The highest BCUT2D eigenvalue weighted by Gasteiger charge is 2.11. The van der Waals surface area contributed by atoms with E-state index in [2.05, 4.69) is 83.8 Å². The standard InChI is InChI=1S/C28H16N2O/c29-15-18-13-23(17-30-16-18)20-7-5-19(6-8-20)22-10-11-26-25(14-22)28-24-4-2-1-3-21(24)9-12-27(28)31-26/h1-14,16-17H. The van der Waals surface area contributed by atoms with Crippen molar-refractivity contribution in [3.05, 3.63) is 103 Å². The third-order valence-corrected chi connectivity index (χ3v) is 5.78. The van der Waals surface area contributed by atoms with Crippen LogP contribution in [0.3, 0.4) is 0 Å². The Labute approximate surface area is 178 Å². The highest BCUT2D eigenvalue weighted by molar-refractivity contribution is 6.19. The van der Waals surface area contributed by atoms with Crippen LogP contribution in [0.1, 0.15) is 5.56 Å². The minimum absolute atomic E-state index is 0.561. The van der Waals surface area contributed by atoms with Crippen LogP contribution >= 0.6 is 0 Å². The van der Waals surface area contributed by atoms with Crippen LogP contribution in [0.4, 0.5) is 0 Å². The van der Waals surface area contributed by atoms with Gasteiger partial charge in [-0.3, -0.25) is 4.98 Å². The molecule has 31 heavy (non-hydrogen) atoms. The molecule has 0 saturated heterocycles. The van der Waals surface area contributed by atoms with E-state index in [-0.39, 0.29) is 0 Å². The van der Waals surface area contributed by atoms with Crippen molar-refractivity contribution in [2.24, 2.45) is 0 Å². The molecule has 3 nitrogen and oxygen atoms in total. The van der Waals surface area contributed by atoms with Gasteiger partial charge in [-0.25, -0.2) is 0 Å². The maximum absolute atomic E-state index is 9.11. The number of aromatic nitrogens is 1. The predicted molar refractivity (Wildman–Crippen MR) is 125 cm³/mol. The zero-order valence-corrected chi connectivity index (χ0v) is 16.5. The molecule has 2 heterocycles. The van der Waals surface area contributed by atoms with E-state index in [1.807, 2.05) is 12.1 Å². The van der Waals surface area contributed by atoms with Gasteiger partial charge in [0, 0.05) is 28.7 Å². The third-order valence-electron chi connectivity index (χ3n) is 5.78. The molecule has 144 valence electrons. The maximum Gasteiger partial charge on any atom is 0.136 e. The zero-order valence-electron chi connectivity index (χ0n) is 16.5. The summed E-state index contributed by atoms with van der Waals surface area (Å²) in [6, 6.07) is 31.3. The lowest BCUT2D eigenvalue weighted by atomic mass is 9.98. The summed E-state index contributed by atoms with van der Waals surface area (Å²) in [7, 11) is 0. The minimum atomic E-state index is 0.561. The average molecular weight is 396 g/mol. The van der Waals surface area contributed by atoms with E-state index in [1.54, 1.807) is 12.4 Å². The fourth-order valence-electron chi connectivity index (χ4n) is 4.24. The average Bonchev–Trinajstić information content (AvgIpc) is 3.22. The second-order valence-corrected chi connectivity index (χ2v) is 7.62. The molecule has 0 N–H and O–H groups in total. The summed E-state index contributed by atoms with van der Waals surface area (Å²) < 4.78 is 6.12. The van der Waals surface area contributed by atoms with Gasteiger partial charge in [-0.1, -0.05) is 60.7 Å². The van der Waals surface area contributed by atoms with Crippen molar-refractivity contribution in [2.75, 3.05) is 0 Å². The van der Waals surface area contributed by atoms with E-state index in [1.165, 1.54) is 10.8 Å². The first kappa shape index (κ1) is 17.4. The lowest BCUT2D eigenvalue weighted by Crippen LogP contribution is -1.84. The molecular weight excluding hydrogens is 380 g/mol. The molecule has 0 radical (unpaired) electrons. The number of pyridine rings is 1. The Morgan fingerprint density at radius 1 is 0.645 bits per heavy atom. The molecule has 0 saturated carbocycles. The highest BCUT2D eigenvalue weighted by atomic mass is 16.3. The zero-order chi connectivity index (χ0) is 20.8. The van der Waals surface area contributed by atoms with Gasteiger partial charge in [0.1, 0.15) is 17.2 Å². The van der Waals surface area contributed by atoms with Crippen LogP contribution in [-0.2, 0) is 0 Å². The molecule has 6 rings (SSSR count). The molecule has 4 aromatic carbocycles. The summed E-state index contributed by atoms with van der Waals surface area (Å²) in [5.74, 6) is 0.